The summed E-state index contributed by atoms with van der Waals surface area (Å²) in [5.74, 6) is 0.777. The van der Waals surface area contributed by atoms with Crippen molar-refractivity contribution in [2.24, 2.45) is 4.99 Å². The standard InChI is InChI=1S/C29H30BrN3O4/c1-31-33-28(35)29(18-5-9-21-7-3-2-4-8-21)26(22-10-14-24(30)15-11-22)37-27(32-29)23-12-16-25(17-13-23)36-20-6-19-34/h2-5,7-17,26,31,34H,6,18-20H2,1H3,(H,33,35)/b9-5+/t26-,29-/m0/s1. The van der Waals surface area contributed by atoms with Gasteiger partial charge in [0, 0.05) is 36.5 Å². The topological polar surface area (TPSA) is 92.2 Å². The highest BCUT2D eigenvalue weighted by Crippen LogP contribution is 2.43. The average molecular weight is 564 g/mol. The van der Waals surface area contributed by atoms with Crippen molar-refractivity contribution in [2.75, 3.05) is 20.3 Å². The Kier molecular flexibility index (Phi) is 9.11. The molecule has 7 nitrogen and oxygen atoms in total. The molecule has 0 fully saturated rings. The summed E-state index contributed by atoms with van der Waals surface area (Å²) in [7, 11) is 1.65. The van der Waals surface area contributed by atoms with Crippen LogP contribution in [0.5, 0.6) is 5.75 Å². The van der Waals surface area contributed by atoms with Gasteiger partial charge in [-0.05, 0) is 47.5 Å². The summed E-state index contributed by atoms with van der Waals surface area (Å²) in [6, 6.07) is 25.0. The van der Waals surface area contributed by atoms with Crippen LogP contribution in [0.25, 0.3) is 6.08 Å². The van der Waals surface area contributed by atoms with Gasteiger partial charge in [-0.2, -0.15) is 0 Å². The lowest BCUT2D eigenvalue weighted by atomic mass is 9.84. The number of carbonyl (C=O) groups is 1. The maximum absolute atomic E-state index is 13.6. The number of benzene rings is 3. The number of amides is 1. The summed E-state index contributed by atoms with van der Waals surface area (Å²) in [6.45, 7) is 0.510. The van der Waals surface area contributed by atoms with E-state index in [4.69, 9.17) is 19.6 Å². The molecule has 0 bridgehead atoms. The molecular formula is C29H30BrN3O4. The zero-order valence-corrected chi connectivity index (χ0v) is 22.1. The fraction of sp³-hybridized carbons (Fsp3) is 0.241. The molecular weight excluding hydrogens is 534 g/mol. The second kappa shape index (κ2) is 12.7. The van der Waals surface area contributed by atoms with Gasteiger partial charge in [0.25, 0.3) is 5.91 Å². The van der Waals surface area contributed by atoms with Gasteiger partial charge in [0.2, 0.25) is 5.90 Å². The Labute approximate surface area is 225 Å². The largest absolute Gasteiger partial charge is 0.494 e. The highest BCUT2D eigenvalue weighted by atomic mass is 79.9. The quantitative estimate of drug-likeness (QED) is 0.230. The lowest BCUT2D eigenvalue weighted by Crippen LogP contribution is -2.51. The van der Waals surface area contributed by atoms with E-state index in [0.29, 0.717) is 31.1 Å². The van der Waals surface area contributed by atoms with E-state index in [2.05, 4.69) is 26.8 Å². The van der Waals surface area contributed by atoms with E-state index in [9.17, 15) is 4.79 Å². The normalized spacial score (nSPS) is 18.9. The first-order valence-corrected chi connectivity index (χ1v) is 12.9. The fourth-order valence-electron chi connectivity index (χ4n) is 4.11. The second-order valence-corrected chi connectivity index (χ2v) is 9.48. The summed E-state index contributed by atoms with van der Waals surface area (Å²) >= 11 is 3.49. The number of ether oxygens (including phenoxy) is 2. The van der Waals surface area contributed by atoms with Crippen LogP contribution >= 0.6 is 15.9 Å². The van der Waals surface area contributed by atoms with Gasteiger partial charge in [0.15, 0.2) is 11.6 Å². The number of carbonyl (C=O) groups excluding carboxylic acids is 1. The Morgan fingerprint density at radius 1 is 1.11 bits per heavy atom. The summed E-state index contributed by atoms with van der Waals surface area (Å²) < 4.78 is 13.0. The molecule has 37 heavy (non-hydrogen) atoms. The molecule has 0 radical (unpaired) electrons. The minimum Gasteiger partial charge on any atom is -0.494 e. The number of nitrogens with one attached hydrogen (secondary N) is 2. The van der Waals surface area contributed by atoms with Crippen LogP contribution in [0.4, 0.5) is 0 Å². The van der Waals surface area contributed by atoms with E-state index >= 15 is 0 Å². The van der Waals surface area contributed by atoms with Gasteiger partial charge in [-0.25, -0.2) is 10.4 Å². The second-order valence-electron chi connectivity index (χ2n) is 8.56. The van der Waals surface area contributed by atoms with Crippen LogP contribution in [0.1, 0.15) is 35.6 Å². The lowest BCUT2D eigenvalue weighted by molar-refractivity contribution is -0.129. The number of hydrogen-bond donors (Lipinski definition) is 3. The number of halogens is 1. The summed E-state index contributed by atoms with van der Waals surface area (Å²) in [4.78, 5) is 18.5. The van der Waals surface area contributed by atoms with Crippen LogP contribution in [0.2, 0.25) is 0 Å². The first-order chi connectivity index (χ1) is 18.1. The Balaban J connectivity index is 1.71. The summed E-state index contributed by atoms with van der Waals surface area (Å²) in [6.07, 6.45) is 4.18. The third-order valence-electron chi connectivity index (χ3n) is 5.98. The monoisotopic (exact) mass is 563 g/mol. The Hall–Kier alpha value is -3.46. The van der Waals surface area contributed by atoms with Crippen LogP contribution in [-0.4, -0.2) is 42.7 Å². The van der Waals surface area contributed by atoms with Crippen molar-refractivity contribution < 1.29 is 19.4 Å². The number of hydrazine groups is 1. The molecule has 1 aliphatic rings. The lowest BCUT2D eigenvalue weighted by Gasteiger charge is -2.29. The van der Waals surface area contributed by atoms with Crippen molar-refractivity contribution in [3.8, 4) is 5.75 Å². The summed E-state index contributed by atoms with van der Waals surface area (Å²) in [5.41, 5.74) is 6.86. The van der Waals surface area contributed by atoms with Crippen molar-refractivity contribution >= 4 is 33.8 Å². The smallest absolute Gasteiger partial charge is 0.266 e. The van der Waals surface area contributed by atoms with Crippen LogP contribution < -0.4 is 15.6 Å². The predicted molar refractivity (Wildman–Crippen MR) is 148 cm³/mol. The molecule has 0 unspecified atom stereocenters. The molecule has 192 valence electrons. The third kappa shape index (κ3) is 6.46. The van der Waals surface area contributed by atoms with E-state index < -0.39 is 11.6 Å². The highest BCUT2D eigenvalue weighted by Gasteiger charge is 2.52. The molecule has 0 saturated heterocycles. The maximum atomic E-state index is 13.6. The van der Waals surface area contributed by atoms with Crippen molar-refractivity contribution in [1.82, 2.24) is 10.9 Å². The molecule has 0 saturated carbocycles. The van der Waals surface area contributed by atoms with Gasteiger partial charge in [-0.15, -0.1) is 0 Å². The van der Waals surface area contributed by atoms with Gasteiger partial charge in [0.1, 0.15) is 5.75 Å². The van der Waals surface area contributed by atoms with E-state index in [1.165, 1.54) is 0 Å². The van der Waals surface area contributed by atoms with Gasteiger partial charge in [0.05, 0.1) is 6.61 Å². The number of hydrogen-bond acceptors (Lipinski definition) is 6. The molecule has 1 aliphatic heterocycles. The van der Waals surface area contributed by atoms with Crippen LogP contribution in [0, 0.1) is 0 Å². The zero-order chi connectivity index (χ0) is 26.1. The number of nitrogens with zero attached hydrogens (tertiary/aromatic N) is 1. The third-order valence-corrected chi connectivity index (χ3v) is 6.51. The first-order valence-electron chi connectivity index (χ1n) is 12.1. The van der Waals surface area contributed by atoms with Gasteiger partial charge >= 0.3 is 0 Å². The average Bonchev–Trinajstić information content (AvgIpc) is 3.31. The SMILES string of the molecule is CNNC(=O)[C@@]1(C/C=C/c2ccccc2)N=C(c2ccc(OCCCO)cc2)O[C@H]1c1ccc(Br)cc1. The van der Waals surface area contributed by atoms with E-state index in [0.717, 1.165) is 21.2 Å². The van der Waals surface area contributed by atoms with Crippen molar-refractivity contribution in [3.63, 3.8) is 0 Å². The predicted octanol–water partition coefficient (Wildman–Crippen LogP) is 4.82. The van der Waals surface area contributed by atoms with Crippen LogP contribution in [-0.2, 0) is 9.53 Å². The number of aliphatic hydroxyl groups is 1. The highest BCUT2D eigenvalue weighted by molar-refractivity contribution is 9.10. The van der Waals surface area contributed by atoms with Crippen molar-refractivity contribution in [2.45, 2.75) is 24.5 Å². The molecule has 3 aromatic carbocycles. The Morgan fingerprint density at radius 2 is 1.84 bits per heavy atom. The fourth-order valence-corrected chi connectivity index (χ4v) is 4.38. The molecule has 0 aliphatic carbocycles. The number of rotatable bonds is 11. The zero-order valence-electron chi connectivity index (χ0n) is 20.6. The molecule has 8 heteroatoms. The van der Waals surface area contributed by atoms with Crippen molar-refractivity contribution in [1.29, 1.82) is 0 Å². The maximum Gasteiger partial charge on any atom is 0.266 e. The summed E-state index contributed by atoms with van der Waals surface area (Å²) in [5, 5.41) is 8.97. The van der Waals surface area contributed by atoms with Gasteiger partial charge < -0.3 is 14.6 Å². The number of aliphatic imine (C=N–C) groups is 1. The Bertz CT molecular complexity index is 1230. The molecule has 1 amide bonds. The Morgan fingerprint density at radius 3 is 2.51 bits per heavy atom. The van der Waals surface area contributed by atoms with E-state index in [1.54, 1.807) is 7.05 Å². The van der Waals surface area contributed by atoms with Crippen molar-refractivity contribution in [3.05, 3.63) is 106 Å². The first kappa shape index (κ1) is 26.6. The van der Waals surface area contributed by atoms with Gasteiger partial charge in [-0.1, -0.05) is 70.5 Å². The minimum atomic E-state index is -1.24. The molecule has 0 spiro atoms. The number of aliphatic hydroxyl groups excluding tert-OH is 1. The molecule has 3 aromatic rings. The minimum absolute atomic E-state index is 0.0790. The van der Waals surface area contributed by atoms with E-state index in [-0.39, 0.29) is 12.5 Å². The molecule has 1 heterocycles. The van der Waals surface area contributed by atoms with E-state index in [1.807, 2.05) is 91.0 Å². The molecule has 2 atom stereocenters. The van der Waals surface area contributed by atoms with Gasteiger partial charge in [-0.3, -0.25) is 10.2 Å². The van der Waals surface area contributed by atoms with Crippen LogP contribution in [0.3, 0.4) is 0 Å². The van der Waals surface area contributed by atoms with Crippen LogP contribution in [0.15, 0.2) is 94.4 Å². The molecule has 3 N–H and O–H groups in total. The molecule has 4 rings (SSSR count). The molecule has 0 aromatic heterocycles.